The van der Waals surface area contributed by atoms with Crippen molar-refractivity contribution in [3.63, 3.8) is 0 Å². The summed E-state index contributed by atoms with van der Waals surface area (Å²) in [5, 5.41) is 0. The topological polar surface area (TPSA) is 17.1 Å². The highest BCUT2D eigenvalue weighted by atomic mass is 19.1. The lowest BCUT2D eigenvalue weighted by Crippen LogP contribution is -1.97. The van der Waals surface area contributed by atoms with E-state index in [0.29, 0.717) is 6.29 Å². The van der Waals surface area contributed by atoms with E-state index < -0.39 is 17.5 Å². The minimum atomic E-state index is -0.784. The van der Waals surface area contributed by atoms with Crippen molar-refractivity contribution in [3.8, 4) is 11.1 Å². The molecular weight excluding hydrogens is 241 g/mol. The maximum Gasteiger partial charge on any atom is 0.150 e. The van der Waals surface area contributed by atoms with Gasteiger partial charge in [0.05, 0.1) is 5.56 Å². The molecule has 0 atom stereocenters. The van der Waals surface area contributed by atoms with Crippen molar-refractivity contribution < 1.29 is 18.0 Å². The molecule has 0 aliphatic carbocycles. The molecule has 1 nitrogen and oxygen atoms in total. The first-order valence-electron chi connectivity index (χ1n) is 5.24. The van der Waals surface area contributed by atoms with Crippen LogP contribution in [0.15, 0.2) is 30.3 Å². The Morgan fingerprint density at radius 3 is 2.44 bits per heavy atom. The van der Waals surface area contributed by atoms with Gasteiger partial charge in [-0.1, -0.05) is 12.1 Å². The summed E-state index contributed by atoms with van der Waals surface area (Å²) >= 11 is 0. The summed E-state index contributed by atoms with van der Waals surface area (Å²) in [5.41, 5.74) is -0.0897. The summed E-state index contributed by atoms with van der Waals surface area (Å²) in [6.45, 7) is 1.49. The first-order chi connectivity index (χ1) is 8.54. The quantitative estimate of drug-likeness (QED) is 0.739. The van der Waals surface area contributed by atoms with E-state index in [1.807, 2.05) is 0 Å². The fourth-order valence-electron chi connectivity index (χ4n) is 1.76. The van der Waals surface area contributed by atoms with E-state index in [2.05, 4.69) is 0 Å². The molecule has 0 aliphatic heterocycles. The monoisotopic (exact) mass is 250 g/mol. The van der Waals surface area contributed by atoms with E-state index in [0.717, 1.165) is 18.2 Å². The average molecular weight is 250 g/mol. The Hall–Kier alpha value is -2.10. The third-order valence-corrected chi connectivity index (χ3v) is 2.69. The molecule has 0 saturated heterocycles. The Labute approximate surface area is 102 Å². The second-order valence-electron chi connectivity index (χ2n) is 3.90. The summed E-state index contributed by atoms with van der Waals surface area (Å²) in [4.78, 5) is 10.8. The minimum absolute atomic E-state index is 0.0464. The van der Waals surface area contributed by atoms with Crippen LogP contribution in [0.4, 0.5) is 13.2 Å². The highest BCUT2D eigenvalue weighted by Gasteiger charge is 2.16. The average Bonchev–Trinajstić information content (AvgIpc) is 2.36. The maximum absolute atomic E-state index is 13.9. The van der Waals surface area contributed by atoms with E-state index in [4.69, 9.17) is 0 Å². The van der Waals surface area contributed by atoms with Crippen LogP contribution in [0.3, 0.4) is 0 Å². The molecule has 0 amide bonds. The second-order valence-corrected chi connectivity index (χ2v) is 3.90. The number of carbonyl (C=O) groups excluding carboxylic acids is 1. The van der Waals surface area contributed by atoms with Crippen molar-refractivity contribution in [2.75, 3.05) is 0 Å². The number of benzene rings is 2. The largest absolute Gasteiger partial charge is 0.298 e. The minimum Gasteiger partial charge on any atom is -0.298 e. The number of rotatable bonds is 2. The smallest absolute Gasteiger partial charge is 0.150 e. The van der Waals surface area contributed by atoms with Crippen LogP contribution in [0.2, 0.25) is 0 Å². The molecule has 0 radical (unpaired) electrons. The molecule has 2 aromatic rings. The van der Waals surface area contributed by atoms with Gasteiger partial charge in [-0.25, -0.2) is 13.2 Å². The number of halogens is 3. The Kier molecular flexibility index (Phi) is 3.19. The zero-order valence-electron chi connectivity index (χ0n) is 9.51. The SMILES string of the molecule is Cc1ccc(F)c(-c2ccc(F)cc2C=O)c1F. The Morgan fingerprint density at radius 1 is 1.06 bits per heavy atom. The van der Waals surface area contributed by atoms with Crippen molar-refractivity contribution in [2.45, 2.75) is 6.92 Å². The van der Waals surface area contributed by atoms with E-state index in [1.165, 1.54) is 19.1 Å². The van der Waals surface area contributed by atoms with Gasteiger partial charge < -0.3 is 0 Å². The third-order valence-electron chi connectivity index (χ3n) is 2.69. The van der Waals surface area contributed by atoms with Crippen molar-refractivity contribution in [2.24, 2.45) is 0 Å². The van der Waals surface area contributed by atoms with E-state index in [-0.39, 0.29) is 22.3 Å². The summed E-state index contributed by atoms with van der Waals surface area (Å²) in [6.07, 6.45) is 0.375. The molecule has 0 bridgehead atoms. The molecule has 0 saturated carbocycles. The normalized spacial score (nSPS) is 10.4. The molecule has 0 spiro atoms. The standard InChI is InChI=1S/C14H9F3O/c1-8-2-5-12(16)13(14(8)17)11-4-3-10(15)6-9(11)7-18/h2-7H,1H3. The van der Waals surface area contributed by atoms with Crippen LogP contribution >= 0.6 is 0 Å². The van der Waals surface area contributed by atoms with Crippen molar-refractivity contribution >= 4 is 6.29 Å². The molecule has 4 heteroatoms. The molecule has 2 rings (SSSR count). The van der Waals surface area contributed by atoms with Gasteiger partial charge in [-0.15, -0.1) is 0 Å². The van der Waals surface area contributed by atoms with Crippen LogP contribution in [0.1, 0.15) is 15.9 Å². The molecule has 0 aromatic heterocycles. The molecule has 0 N–H and O–H groups in total. The van der Waals surface area contributed by atoms with E-state index in [1.54, 1.807) is 0 Å². The Bertz CT molecular complexity index is 621. The predicted molar refractivity (Wildman–Crippen MR) is 61.9 cm³/mol. The van der Waals surface area contributed by atoms with Gasteiger partial charge in [0, 0.05) is 5.56 Å². The lowest BCUT2D eigenvalue weighted by Gasteiger charge is -2.09. The first-order valence-corrected chi connectivity index (χ1v) is 5.24. The van der Waals surface area contributed by atoms with Gasteiger partial charge >= 0.3 is 0 Å². The van der Waals surface area contributed by atoms with Crippen LogP contribution in [-0.4, -0.2) is 6.29 Å². The highest BCUT2D eigenvalue weighted by molar-refractivity contribution is 5.88. The van der Waals surface area contributed by atoms with Gasteiger partial charge in [0.25, 0.3) is 0 Å². The summed E-state index contributed by atoms with van der Waals surface area (Å²) in [5.74, 6) is -2.16. The van der Waals surface area contributed by atoms with Gasteiger partial charge in [-0.05, 0) is 36.2 Å². The Morgan fingerprint density at radius 2 is 1.78 bits per heavy atom. The fourth-order valence-corrected chi connectivity index (χ4v) is 1.76. The lowest BCUT2D eigenvalue weighted by molar-refractivity contribution is 0.112. The zero-order valence-corrected chi connectivity index (χ0v) is 9.51. The lowest BCUT2D eigenvalue weighted by atomic mass is 9.97. The summed E-state index contributed by atoms with van der Waals surface area (Å²) < 4.78 is 40.6. The molecule has 0 heterocycles. The van der Waals surface area contributed by atoms with Crippen molar-refractivity contribution in [1.29, 1.82) is 0 Å². The number of hydrogen-bond donors (Lipinski definition) is 0. The van der Waals surface area contributed by atoms with Gasteiger partial charge in [0.1, 0.15) is 17.5 Å². The molecule has 92 valence electrons. The van der Waals surface area contributed by atoms with Gasteiger partial charge in [-0.2, -0.15) is 0 Å². The van der Waals surface area contributed by atoms with Gasteiger partial charge in [0.15, 0.2) is 6.29 Å². The molecule has 2 aromatic carbocycles. The molecule has 0 aliphatic rings. The van der Waals surface area contributed by atoms with Crippen LogP contribution in [0.25, 0.3) is 11.1 Å². The van der Waals surface area contributed by atoms with Crippen molar-refractivity contribution in [3.05, 3.63) is 58.9 Å². The first kappa shape index (κ1) is 12.4. The van der Waals surface area contributed by atoms with Gasteiger partial charge in [-0.3, -0.25) is 4.79 Å². The van der Waals surface area contributed by atoms with Crippen LogP contribution in [0, 0.1) is 24.4 Å². The number of aldehydes is 1. The summed E-state index contributed by atoms with van der Waals surface area (Å²) in [7, 11) is 0. The molecule has 0 fully saturated rings. The molecular formula is C14H9F3O. The highest BCUT2D eigenvalue weighted by Crippen LogP contribution is 2.30. The zero-order chi connectivity index (χ0) is 13.3. The maximum atomic E-state index is 13.9. The summed E-state index contributed by atoms with van der Waals surface area (Å²) in [6, 6.07) is 5.62. The molecule has 18 heavy (non-hydrogen) atoms. The van der Waals surface area contributed by atoms with Crippen molar-refractivity contribution in [1.82, 2.24) is 0 Å². The third kappa shape index (κ3) is 2.01. The predicted octanol–water partition coefficient (Wildman–Crippen LogP) is 3.89. The van der Waals surface area contributed by atoms with Gasteiger partial charge in [0.2, 0.25) is 0 Å². The van der Waals surface area contributed by atoms with Crippen LogP contribution in [0.5, 0.6) is 0 Å². The number of aryl methyl sites for hydroxylation is 1. The Balaban J connectivity index is 2.77. The number of carbonyl (C=O) groups is 1. The molecule has 0 unspecified atom stereocenters. The van der Waals surface area contributed by atoms with Crippen LogP contribution < -0.4 is 0 Å². The number of hydrogen-bond acceptors (Lipinski definition) is 1. The van der Waals surface area contributed by atoms with Crippen LogP contribution in [-0.2, 0) is 0 Å². The fraction of sp³-hybridized carbons (Fsp3) is 0.0714. The second kappa shape index (κ2) is 4.64. The van der Waals surface area contributed by atoms with E-state index >= 15 is 0 Å². The van der Waals surface area contributed by atoms with E-state index in [9.17, 15) is 18.0 Å².